The summed E-state index contributed by atoms with van der Waals surface area (Å²) in [5.74, 6) is -1.59. The smallest absolute Gasteiger partial charge is 0.337 e. The van der Waals surface area contributed by atoms with Crippen molar-refractivity contribution < 1.29 is 31.2 Å². The lowest BCUT2D eigenvalue weighted by Gasteiger charge is -2.15. The van der Waals surface area contributed by atoms with Crippen LogP contribution in [0, 0.1) is 0 Å². The molecule has 0 radical (unpaired) electrons. The van der Waals surface area contributed by atoms with Crippen LogP contribution in [0.1, 0.15) is 45.7 Å². The molecule has 190 valence electrons. The topological polar surface area (TPSA) is 176 Å². The van der Waals surface area contributed by atoms with Crippen LogP contribution in [-0.2, 0) is 24.4 Å². The highest BCUT2D eigenvalue weighted by molar-refractivity contribution is 7.92. The number of benzene rings is 2. The van der Waals surface area contributed by atoms with Gasteiger partial charge < -0.3 is 16.2 Å². The molecule has 10 nitrogen and oxygen atoms in total. The fourth-order valence-corrected chi connectivity index (χ4v) is 7.04. The number of hydrogen-bond acceptors (Lipinski definition) is 7. The summed E-state index contributed by atoms with van der Waals surface area (Å²) in [4.78, 5) is 26.7. The first-order valence-electron chi connectivity index (χ1n) is 10.5. The van der Waals surface area contributed by atoms with E-state index in [2.05, 4.69) is 9.73 Å². The third-order valence-corrected chi connectivity index (χ3v) is 8.95. The Morgan fingerprint density at radius 1 is 0.806 bits per heavy atom. The number of nitrogens with zero attached hydrogens (tertiary/aromatic N) is 1. The summed E-state index contributed by atoms with van der Waals surface area (Å²) in [6.07, 6.45) is 3.60. The van der Waals surface area contributed by atoms with Crippen LogP contribution in [0.25, 0.3) is 12.2 Å². The van der Waals surface area contributed by atoms with E-state index in [1.807, 2.05) is 6.08 Å². The molecule has 1 amide bonds. The van der Waals surface area contributed by atoms with E-state index >= 15 is 0 Å². The molecule has 2 aliphatic heterocycles. The predicted molar refractivity (Wildman–Crippen MR) is 136 cm³/mol. The van der Waals surface area contributed by atoms with Crippen molar-refractivity contribution in [3.05, 3.63) is 69.8 Å². The molecule has 2 aliphatic rings. The van der Waals surface area contributed by atoms with Crippen LogP contribution in [0.2, 0.25) is 0 Å². The minimum Gasteiger partial charge on any atom is -0.465 e. The van der Waals surface area contributed by atoms with E-state index < -0.39 is 31.6 Å². The largest absolute Gasteiger partial charge is 0.465 e. The summed E-state index contributed by atoms with van der Waals surface area (Å²) in [5.41, 5.74) is 13.4. The average molecular weight is 532 g/mol. The molecule has 0 aliphatic carbocycles. The van der Waals surface area contributed by atoms with E-state index in [0.29, 0.717) is 11.1 Å². The van der Waals surface area contributed by atoms with Gasteiger partial charge in [-0.3, -0.25) is 4.79 Å². The van der Waals surface area contributed by atoms with Crippen LogP contribution in [0.3, 0.4) is 0 Å². The maximum atomic E-state index is 12.0. The minimum absolute atomic E-state index is 0.00459. The molecule has 0 unspecified atom stereocenters. The number of carbonyl (C=O) groups excluding carboxylic acids is 2. The van der Waals surface area contributed by atoms with E-state index in [-0.39, 0.29) is 38.4 Å². The Morgan fingerprint density at radius 3 is 1.69 bits per heavy atom. The van der Waals surface area contributed by atoms with Gasteiger partial charge in [-0.25, -0.2) is 21.6 Å². The van der Waals surface area contributed by atoms with Gasteiger partial charge in [-0.2, -0.15) is 4.99 Å². The standard InChI is InChI=1S/C12H13N3O3S.C12H12O4S/c1-7-4-8-2-3-9(11(16)15-12(13)14)5-10(8)19(17,18)6-7;1-8-5-9-3-4-10(12(13)16-2)6-11(9)17(14,15)7-8/h2-5H,6H2,1H3,(H4,13,14,15,16);3-6H,7H2,1-2H3. The number of amides is 1. The molecule has 4 N–H and O–H groups in total. The fourth-order valence-electron chi connectivity index (χ4n) is 3.77. The normalized spacial score (nSPS) is 16.5. The molecule has 0 spiro atoms. The van der Waals surface area contributed by atoms with Gasteiger partial charge in [0.15, 0.2) is 25.6 Å². The Labute approximate surface area is 209 Å². The number of fused-ring (bicyclic) bond motifs is 2. The lowest BCUT2D eigenvalue weighted by molar-refractivity contribution is 0.0600. The molecule has 0 bridgehead atoms. The average Bonchev–Trinajstić information content (AvgIpc) is 2.77. The first-order valence-corrected chi connectivity index (χ1v) is 13.8. The Bertz CT molecular complexity index is 1560. The predicted octanol–water partition coefficient (Wildman–Crippen LogP) is 1.95. The minimum atomic E-state index is -3.41. The number of sulfone groups is 2. The van der Waals surface area contributed by atoms with Crippen molar-refractivity contribution >= 4 is 49.7 Å². The highest BCUT2D eigenvalue weighted by Crippen LogP contribution is 2.29. The maximum absolute atomic E-state index is 12.0. The summed E-state index contributed by atoms with van der Waals surface area (Å²) in [5, 5.41) is 0. The molecule has 36 heavy (non-hydrogen) atoms. The quantitative estimate of drug-likeness (QED) is 0.333. The van der Waals surface area contributed by atoms with Crippen molar-refractivity contribution in [3.63, 3.8) is 0 Å². The van der Waals surface area contributed by atoms with Gasteiger partial charge in [-0.15, -0.1) is 0 Å². The van der Waals surface area contributed by atoms with E-state index in [1.54, 1.807) is 38.1 Å². The zero-order valence-electron chi connectivity index (χ0n) is 19.8. The Hall–Kier alpha value is -3.77. The lowest BCUT2D eigenvalue weighted by Crippen LogP contribution is -2.24. The summed E-state index contributed by atoms with van der Waals surface area (Å²) >= 11 is 0. The Balaban J connectivity index is 0.000000202. The zero-order valence-corrected chi connectivity index (χ0v) is 21.4. The number of methoxy groups -OCH3 is 1. The van der Waals surface area contributed by atoms with Crippen molar-refractivity contribution in [1.82, 2.24) is 0 Å². The molecule has 2 aromatic carbocycles. The van der Waals surface area contributed by atoms with E-state index in [4.69, 9.17) is 11.5 Å². The van der Waals surface area contributed by atoms with Gasteiger partial charge in [0, 0.05) is 5.56 Å². The van der Waals surface area contributed by atoms with Crippen molar-refractivity contribution in [2.75, 3.05) is 18.6 Å². The van der Waals surface area contributed by atoms with Gasteiger partial charge in [0.2, 0.25) is 0 Å². The molecule has 0 fully saturated rings. The van der Waals surface area contributed by atoms with Crippen molar-refractivity contribution in [2.24, 2.45) is 16.5 Å². The second-order valence-electron chi connectivity index (χ2n) is 8.34. The van der Waals surface area contributed by atoms with Crippen molar-refractivity contribution in [3.8, 4) is 0 Å². The van der Waals surface area contributed by atoms with E-state index in [1.165, 1.54) is 25.3 Å². The number of aliphatic imine (C=N–C) groups is 1. The molecule has 0 saturated heterocycles. The van der Waals surface area contributed by atoms with Crippen LogP contribution in [0.5, 0.6) is 0 Å². The second kappa shape index (κ2) is 10.1. The molecular weight excluding hydrogens is 506 g/mol. The monoisotopic (exact) mass is 531 g/mol. The molecule has 0 aromatic heterocycles. The zero-order chi connectivity index (χ0) is 26.8. The summed E-state index contributed by atoms with van der Waals surface area (Å²) < 4.78 is 52.6. The molecule has 12 heteroatoms. The van der Waals surface area contributed by atoms with Crippen LogP contribution >= 0.6 is 0 Å². The number of nitrogens with two attached hydrogens (primary N) is 2. The number of guanidine groups is 1. The Morgan fingerprint density at radius 2 is 1.25 bits per heavy atom. The summed E-state index contributed by atoms with van der Waals surface area (Å²) in [6, 6.07) is 8.95. The van der Waals surface area contributed by atoms with Crippen LogP contribution in [-0.4, -0.2) is 53.3 Å². The van der Waals surface area contributed by atoms with Crippen molar-refractivity contribution in [1.29, 1.82) is 0 Å². The van der Waals surface area contributed by atoms with Gasteiger partial charge in [-0.05, 0) is 49.2 Å². The molecule has 2 aromatic rings. The van der Waals surface area contributed by atoms with E-state index in [0.717, 1.165) is 11.1 Å². The number of ether oxygens (including phenoxy) is 1. The van der Waals surface area contributed by atoms with Crippen LogP contribution in [0.15, 0.2) is 62.3 Å². The van der Waals surface area contributed by atoms with Crippen molar-refractivity contribution in [2.45, 2.75) is 23.6 Å². The number of esters is 1. The highest BCUT2D eigenvalue weighted by Gasteiger charge is 2.25. The first kappa shape index (κ1) is 26.8. The first-order chi connectivity index (χ1) is 16.7. The SMILES string of the molecule is CC1=Cc2ccc(C(=O)N=C(N)N)cc2S(=O)(=O)C1.COC(=O)c1ccc2c(c1)S(=O)(=O)CC(C)=C2. The molecular formula is C24H25N3O7S2. The van der Waals surface area contributed by atoms with Gasteiger partial charge >= 0.3 is 5.97 Å². The molecule has 2 heterocycles. The maximum Gasteiger partial charge on any atom is 0.337 e. The third-order valence-electron chi connectivity index (χ3n) is 5.24. The Kier molecular flexibility index (Phi) is 7.51. The number of carbonyl (C=O) groups is 2. The molecule has 0 saturated carbocycles. The molecule has 4 rings (SSSR count). The third kappa shape index (κ3) is 5.89. The second-order valence-corrected chi connectivity index (χ2v) is 12.3. The van der Waals surface area contributed by atoms with E-state index in [9.17, 15) is 26.4 Å². The molecule has 0 atom stereocenters. The van der Waals surface area contributed by atoms with Crippen LogP contribution < -0.4 is 11.5 Å². The van der Waals surface area contributed by atoms with Gasteiger partial charge in [0.25, 0.3) is 5.91 Å². The van der Waals surface area contributed by atoms with Gasteiger partial charge in [0.05, 0.1) is 34.0 Å². The number of rotatable bonds is 2. The summed E-state index contributed by atoms with van der Waals surface area (Å²) in [7, 11) is -5.47. The number of hydrogen-bond donors (Lipinski definition) is 2. The summed E-state index contributed by atoms with van der Waals surface area (Å²) in [6.45, 7) is 3.52. The lowest BCUT2D eigenvalue weighted by atomic mass is 10.1. The van der Waals surface area contributed by atoms with Gasteiger partial charge in [0.1, 0.15) is 0 Å². The highest BCUT2D eigenvalue weighted by atomic mass is 32.2. The van der Waals surface area contributed by atoms with Crippen LogP contribution in [0.4, 0.5) is 0 Å². The van der Waals surface area contributed by atoms with Gasteiger partial charge in [-0.1, -0.05) is 35.4 Å². The fraction of sp³-hybridized carbons (Fsp3) is 0.208.